The summed E-state index contributed by atoms with van der Waals surface area (Å²) in [5.74, 6) is 0.0827. The molecule has 1 atom stereocenters. The van der Waals surface area contributed by atoms with Crippen molar-refractivity contribution in [2.75, 3.05) is 16.8 Å². The number of aromatic nitrogens is 1. The molecule has 0 amide bonds. The van der Waals surface area contributed by atoms with Crippen LogP contribution in [0.25, 0.3) is 10.9 Å². The lowest BCUT2D eigenvalue weighted by Gasteiger charge is -2.37. The smallest absolute Gasteiger partial charge is 0.256 e. The van der Waals surface area contributed by atoms with Crippen molar-refractivity contribution < 1.29 is 4.79 Å². The molecule has 1 unspecified atom stereocenters. The van der Waals surface area contributed by atoms with Crippen LogP contribution in [0.1, 0.15) is 43.9 Å². The van der Waals surface area contributed by atoms with Gasteiger partial charge >= 0.3 is 0 Å². The van der Waals surface area contributed by atoms with Crippen LogP contribution >= 0.6 is 0 Å². The number of carbonyl (C=O) groups is 1. The highest BCUT2D eigenvalue weighted by Gasteiger charge is 2.42. The molecule has 0 spiro atoms. The third-order valence-corrected chi connectivity index (χ3v) is 7.22. The van der Waals surface area contributed by atoms with Crippen LogP contribution in [0.4, 0.5) is 11.4 Å². The van der Waals surface area contributed by atoms with Crippen molar-refractivity contribution in [1.29, 1.82) is 0 Å². The second-order valence-corrected chi connectivity index (χ2v) is 10.7. The molecule has 5 heteroatoms. The number of para-hydroxylation sites is 2. The Hall–Kier alpha value is -3.86. The minimum Gasteiger partial charge on any atom is -0.357 e. The first kappa shape index (κ1) is 23.9. The molecule has 0 saturated heterocycles. The van der Waals surface area contributed by atoms with Crippen LogP contribution in [0.15, 0.2) is 89.9 Å². The molecule has 2 heterocycles. The van der Waals surface area contributed by atoms with Gasteiger partial charge in [0.2, 0.25) is 0 Å². The molecule has 0 bridgehead atoms. The molecule has 5 rings (SSSR count). The fourth-order valence-corrected chi connectivity index (χ4v) is 5.73. The van der Waals surface area contributed by atoms with Gasteiger partial charge in [0.25, 0.3) is 5.56 Å². The SMILES string of the molecule is C=CCN1c2ccccc2NC2=C(C(=O)CC(C)(C)C2)C1c1cc2ccc(C)cc2n(CC=C)c1=O. The molecule has 0 radical (unpaired) electrons. The summed E-state index contributed by atoms with van der Waals surface area (Å²) in [6, 6.07) is 15.6. The first-order chi connectivity index (χ1) is 17.2. The zero-order chi connectivity index (χ0) is 25.6. The highest BCUT2D eigenvalue weighted by Crippen LogP contribution is 2.47. The Morgan fingerprint density at radius 1 is 1.03 bits per heavy atom. The molecule has 3 aromatic rings. The average molecular weight is 480 g/mol. The van der Waals surface area contributed by atoms with E-state index in [1.165, 1.54) is 0 Å². The maximum atomic E-state index is 14.2. The predicted octanol–water partition coefficient (Wildman–Crippen LogP) is 6.30. The molecule has 2 aliphatic rings. The van der Waals surface area contributed by atoms with Gasteiger partial charge in [-0.05, 0) is 54.0 Å². The zero-order valence-corrected chi connectivity index (χ0v) is 21.3. The van der Waals surface area contributed by atoms with Crippen molar-refractivity contribution in [3.05, 3.63) is 107 Å². The van der Waals surface area contributed by atoms with Crippen LogP contribution in [-0.2, 0) is 11.3 Å². The molecule has 1 N–H and O–H groups in total. The van der Waals surface area contributed by atoms with Gasteiger partial charge in [0, 0.05) is 36.3 Å². The molecule has 2 aromatic carbocycles. The number of rotatable bonds is 5. The lowest BCUT2D eigenvalue weighted by atomic mass is 9.73. The van der Waals surface area contributed by atoms with E-state index in [2.05, 4.69) is 49.4 Å². The number of hydrogen-bond acceptors (Lipinski definition) is 4. The maximum absolute atomic E-state index is 14.2. The number of ketones is 1. The lowest BCUT2D eigenvalue weighted by molar-refractivity contribution is -0.118. The predicted molar refractivity (Wildman–Crippen MR) is 149 cm³/mol. The zero-order valence-electron chi connectivity index (χ0n) is 21.3. The number of Topliss-reactive ketones (excluding diaryl/α,β-unsaturated/α-hetero) is 1. The Morgan fingerprint density at radius 2 is 1.78 bits per heavy atom. The summed E-state index contributed by atoms with van der Waals surface area (Å²) in [6.45, 7) is 15.0. The number of anilines is 2. The second kappa shape index (κ2) is 8.98. The van der Waals surface area contributed by atoms with Crippen LogP contribution in [0.3, 0.4) is 0 Å². The number of carbonyl (C=O) groups excluding carboxylic acids is 1. The number of hydrogen-bond donors (Lipinski definition) is 1. The Kier molecular flexibility index (Phi) is 5.95. The Morgan fingerprint density at radius 3 is 2.53 bits per heavy atom. The van der Waals surface area contributed by atoms with Gasteiger partial charge in [-0.15, -0.1) is 13.2 Å². The number of nitrogens with zero attached hydrogens (tertiary/aromatic N) is 2. The second-order valence-electron chi connectivity index (χ2n) is 10.7. The summed E-state index contributed by atoms with van der Waals surface area (Å²) in [4.78, 5) is 30.2. The van der Waals surface area contributed by atoms with Gasteiger partial charge in [-0.2, -0.15) is 0 Å². The summed E-state index contributed by atoms with van der Waals surface area (Å²) < 4.78 is 1.78. The number of aryl methyl sites for hydroxylation is 1. The molecule has 0 fully saturated rings. The number of nitrogens with one attached hydrogen (secondary N) is 1. The van der Waals surface area contributed by atoms with Gasteiger partial charge in [-0.3, -0.25) is 9.59 Å². The molecule has 1 aliphatic heterocycles. The van der Waals surface area contributed by atoms with Gasteiger partial charge in [-0.1, -0.05) is 50.3 Å². The van der Waals surface area contributed by atoms with Gasteiger partial charge in [0.15, 0.2) is 5.78 Å². The van der Waals surface area contributed by atoms with Crippen molar-refractivity contribution in [2.45, 2.75) is 46.2 Å². The lowest BCUT2D eigenvalue weighted by Crippen LogP contribution is -2.39. The van der Waals surface area contributed by atoms with E-state index in [0.717, 1.165) is 40.0 Å². The summed E-state index contributed by atoms with van der Waals surface area (Å²) in [7, 11) is 0. The summed E-state index contributed by atoms with van der Waals surface area (Å²) >= 11 is 0. The van der Waals surface area contributed by atoms with Gasteiger partial charge in [0.05, 0.1) is 22.9 Å². The molecule has 1 aromatic heterocycles. The molecular formula is C31H33N3O2. The minimum absolute atomic E-state index is 0.0827. The summed E-state index contributed by atoms with van der Waals surface area (Å²) in [6.07, 6.45) is 4.75. The van der Waals surface area contributed by atoms with Crippen LogP contribution in [0.2, 0.25) is 0 Å². The monoisotopic (exact) mass is 479 g/mol. The first-order valence-electron chi connectivity index (χ1n) is 12.5. The van der Waals surface area contributed by atoms with Crippen LogP contribution in [0.5, 0.6) is 0 Å². The highest BCUT2D eigenvalue weighted by molar-refractivity contribution is 6.01. The van der Waals surface area contributed by atoms with E-state index in [1.807, 2.05) is 49.4 Å². The normalized spacial score (nSPS) is 18.8. The Labute approximate surface area is 212 Å². The first-order valence-corrected chi connectivity index (χ1v) is 12.5. The van der Waals surface area contributed by atoms with Crippen LogP contribution in [0, 0.1) is 12.3 Å². The Balaban J connectivity index is 1.86. The number of allylic oxidation sites excluding steroid dienone is 2. The van der Waals surface area contributed by atoms with Crippen molar-refractivity contribution >= 4 is 28.1 Å². The maximum Gasteiger partial charge on any atom is 0.256 e. The molecule has 1 aliphatic carbocycles. The van der Waals surface area contributed by atoms with E-state index in [0.29, 0.717) is 30.6 Å². The molecule has 0 saturated carbocycles. The van der Waals surface area contributed by atoms with E-state index in [-0.39, 0.29) is 16.8 Å². The molecule has 36 heavy (non-hydrogen) atoms. The van der Waals surface area contributed by atoms with E-state index in [9.17, 15) is 9.59 Å². The highest BCUT2D eigenvalue weighted by atomic mass is 16.1. The average Bonchev–Trinajstić information content (AvgIpc) is 2.95. The van der Waals surface area contributed by atoms with Crippen molar-refractivity contribution in [1.82, 2.24) is 4.57 Å². The van der Waals surface area contributed by atoms with Crippen molar-refractivity contribution in [3.63, 3.8) is 0 Å². The number of benzene rings is 2. The summed E-state index contributed by atoms with van der Waals surface area (Å²) in [5, 5.41) is 4.56. The van der Waals surface area contributed by atoms with Crippen molar-refractivity contribution in [3.8, 4) is 0 Å². The number of pyridine rings is 1. The van der Waals surface area contributed by atoms with E-state index in [1.54, 1.807) is 10.6 Å². The van der Waals surface area contributed by atoms with Gasteiger partial charge in [0.1, 0.15) is 0 Å². The largest absolute Gasteiger partial charge is 0.357 e. The van der Waals surface area contributed by atoms with E-state index >= 15 is 0 Å². The van der Waals surface area contributed by atoms with E-state index < -0.39 is 6.04 Å². The third kappa shape index (κ3) is 3.98. The Bertz CT molecular complexity index is 1490. The molecular weight excluding hydrogens is 446 g/mol. The van der Waals surface area contributed by atoms with Gasteiger partial charge < -0.3 is 14.8 Å². The summed E-state index contributed by atoms with van der Waals surface area (Å²) in [5.41, 5.74) is 5.74. The standard InChI is InChI=1S/C31H33N3O2/c1-6-14-33-25-11-9-8-10-23(25)32-24-18-31(4,5)19-27(35)28(24)29(33)22-17-21-13-12-20(3)16-26(21)34(15-7-2)30(22)36/h6-13,16-17,29,32H,1-2,14-15,18-19H2,3-5H3. The fraction of sp³-hybridized carbons (Fsp3) is 0.290. The fourth-order valence-electron chi connectivity index (χ4n) is 5.73. The topological polar surface area (TPSA) is 54.3 Å². The van der Waals surface area contributed by atoms with Crippen LogP contribution in [-0.4, -0.2) is 16.9 Å². The van der Waals surface area contributed by atoms with E-state index in [4.69, 9.17) is 0 Å². The molecule has 5 nitrogen and oxygen atoms in total. The van der Waals surface area contributed by atoms with Gasteiger partial charge in [-0.25, -0.2) is 0 Å². The number of fused-ring (bicyclic) bond motifs is 2. The third-order valence-electron chi connectivity index (χ3n) is 7.22. The minimum atomic E-state index is -0.535. The van der Waals surface area contributed by atoms with Crippen molar-refractivity contribution in [2.24, 2.45) is 5.41 Å². The van der Waals surface area contributed by atoms with Crippen LogP contribution < -0.4 is 15.8 Å². The quantitative estimate of drug-likeness (QED) is 0.437. The molecule has 184 valence electrons.